The van der Waals surface area contributed by atoms with Crippen molar-refractivity contribution < 1.29 is 14.4 Å². The number of para-hydroxylation sites is 1. The number of benzene rings is 1. The van der Waals surface area contributed by atoms with Crippen LogP contribution in [0.1, 0.15) is 51.4 Å². The monoisotopic (exact) mass is 492 g/mol. The molecule has 2 heterocycles. The molecule has 1 atom stereocenters. The van der Waals surface area contributed by atoms with Crippen LogP contribution in [0, 0.1) is 29.1 Å². The standard InChI is InChI=1S/C29H40N4O3/c34-26-15-24(20-33(26)25-4-2-1-3-5-25)28(36)30-6-7-31-8-10-32(11-9-31)27(35)19-29-16-21-12-22(17-29)14-23(13-21)18-29/h1-5,21-24H,6-20H2,(H,30,36). The molecule has 0 aromatic heterocycles. The molecule has 1 aromatic rings. The molecule has 4 aliphatic carbocycles. The molecule has 7 rings (SSSR count). The van der Waals surface area contributed by atoms with E-state index in [1.54, 1.807) is 4.90 Å². The summed E-state index contributed by atoms with van der Waals surface area (Å²) >= 11 is 0. The molecule has 1 unspecified atom stereocenters. The molecule has 194 valence electrons. The fraction of sp³-hybridized carbons (Fsp3) is 0.690. The van der Waals surface area contributed by atoms with Gasteiger partial charge in [-0.3, -0.25) is 19.3 Å². The van der Waals surface area contributed by atoms with Crippen LogP contribution >= 0.6 is 0 Å². The van der Waals surface area contributed by atoms with Gasteiger partial charge in [0, 0.05) is 64.3 Å². The van der Waals surface area contributed by atoms with Gasteiger partial charge in [-0.1, -0.05) is 18.2 Å². The molecule has 3 amide bonds. The summed E-state index contributed by atoms with van der Waals surface area (Å²) < 4.78 is 0. The van der Waals surface area contributed by atoms with Crippen LogP contribution in [0.25, 0.3) is 0 Å². The lowest BCUT2D eigenvalue weighted by Gasteiger charge is -2.57. The molecule has 36 heavy (non-hydrogen) atoms. The molecule has 4 bridgehead atoms. The lowest BCUT2D eigenvalue weighted by Crippen LogP contribution is -2.53. The number of carbonyl (C=O) groups is 3. The second kappa shape index (κ2) is 9.81. The SMILES string of the molecule is O=C(NCCN1CCN(C(=O)CC23CC4CC(CC(C4)C2)C3)CC1)C1CC(=O)N(c2ccccc2)C1. The van der Waals surface area contributed by atoms with E-state index in [1.807, 2.05) is 30.3 Å². The number of amides is 3. The minimum atomic E-state index is -0.295. The highest BCUT2D eigenvalue weighted by Gasteiger charge is 2.51. The molecule has 7 heteroatoms. The van der Waals surface area contributed by atoms with E-state index < -0.39 is 0 Å². The van der Waals surface area contributed by atoms with Crippen molar-refractivity contribution >= 4 is 23.4 Å². The van der Waals surface area contributed by atoms with Gasteiger partial charge in [-0.15, -0.1) is 0 Å². The van der Waals surface area contributed by atoms with Gasteiger partial charge in [-0.05, 0) is 73.8 Å². The fourth-order valence-electron chi connectivity index (χ4n) is 8.38. The first-order valence-electron chi connectivity index (χ1n) is 14.1. The second-order valence-electron chi connectivity index (χ2n) is 12.3. The molecule has 0 spiro atoms. The number of hydrogen-bond acceptors (Lipinski definition) is 4. The van der Waals surface area contributed by atoms with Crippen LogP contribution in [-0.4, -0.2) is 73.3 Å². The normalized spacial score (nSPS) is 33.8. The Morgan fingerprint density at radius 1 is 0.917 bits per heavy atom. The molecule has 6 aliphatic rings. The van der Waals surface area contributed by atoms with Crippen molar-refractivity contribution in [2.45, 2.75) is 51.4 Å². The van der Waals surface area contributed by atoms with Crippen molar-refractivity contribution in [1.82, 2.24) is 15.1 Å². The fourth-order valence-corrected chi connectivity index (χ4v) is 8.38. The van der Waals surface area contributed by atoms with Gasteiger partial charge in [0.25, 0.3) is 0 Å². The van der Waals surface area contributed by atoms with Crippen molar-refractivity contribution in [2.24, 2.45) is 29.1 Å². The third-order valence-electron chi connectivity index (χ3n) is 9.71. The first-order valence-corrected chi connectivity index (χ1v) is 14.1. The van der Waals surface area contributed by atoms with E-state index in [1.165, 1.54) is 38.5 Å². The number of rotatable bonds is 7. The minimum Gasteiger partial charge on any atom is -0.355 e. The summed E-state index contributed by atoms with van der Waals surface area (Å²) in [6.45, 7) is 5.13. The summed E-state index contributed by atoms with van der Waals surface area (Å²) in [7, 11) is 0. The van der Waals surface area contributed by atoms with Gasteiger partial charge in [0.1, 0.15) is 0 Å². The third-order valence-corrected chi connectivity index (χ3v) is 9.71. The molecule has 4 saturated carbocycles. The molecule has 2 saturated heterocycles. The third kappa shape index (κ3) is 4.91. The van der Waals surface area contributed by atoms with Crippen LogP contribution in [0.5, 0.6) is 0 Å². The number of carbonyl (C=O) groups excluding carboxylic acids is 3. The number of anilines is 1. The Morgan fingerprint density at radius 3 is 2.19 bits per heavy atom. The van der Waals surface area contributed by atoms with E-state index >= 15 is 0 Å². The van der Waals surface area contributed by atoms with Gasteiger partial charge in [-0.25, -0.2) is 0 Å². The zero-order chi connectivity index (χ0) is 24.7. The maximum atomic E-state index is 13.2. The zero-order valence-corrected chi connectivity index (χ0v) is 21.4. The van der Waals surface area contributed by atoms with Crippen LogP contribution < -0.4 is 10.2 Å². The summed E-state index contributed by atoms with van der Waals surface area (Å²) in [4.78, 5) is 44.5. The van der Waals surface area contributed by atoms with Crippen LogP contribution in [0.15, 0.2) is 30.3 Å². The number of nitrogens with zero attached hydrogens (tertiary/aromatic N) is 3. The van der Waals surface area contributed by atoms with Gasteiger partial charge in [0.05, 0.1) is 5.92 Å². The Labute approximate surface area is 214 Å². The summed E-state index contributed by atoms with van der Waals surface area (Å²) in [6.07, 6.45) is 9.18. The highest BCUT2D eigenvalue weighted by atomic mass is 16.2. The van der Waals surface area contributed by atoms with Gasteiger partial charge in [0.2, 0.25) is 17.7 Å². The Kier molecular flexibility index (Phi) is 6.53. The average Bonchev–Trinajstić information content (AvgIpc) is 3.25. The Bertz CT molecular complexity index is 952. The quantitative estimate of drug-likeness (QED) is 0.635. The second-order valence-corrected chi connectivity index (χ2v) is 12.3. The van der Waals surface area contributed by atoms with Gasteiger partial charge >= 0.3 is 0 Å². The number of hydrogen-bond donors (Lipinski definition) is 1. The molecular weight excluding hydrogens is 452 g/mol. The van der Waals surface area contributed by atoms with Gasteiger partial charge in [0.15, 0.2) is 0 Å². The van der Waals surface area contributed by atoms with E-state index in [2.05, 4.69) is 15.1 Å². The smallest absolute Gasteiger partial charge is 0.227 e. The predicted molar refractivity (Wildman–Crippen MR) is 138 cm³/mol. The van der Waals surface area contributed by atoms with E-state index in [0.29, 0.717) is 24.4 Å². The molecular formula is C29H40N4O3. The molecule has 2 aliphatic heterocycles. The van der Waals surface area contributed by atoms with Crippen molar-refractivity contribution in [1.29, 1.82) is 0 Å². The Balaban J connectivity index is 0.913. The maximum Gasteiger partial charge on any atom is 0.227 e. The maximum absolute atomic E-state index is 13.2. The Hall–Kier alpha value is -2.41. The summed E-state index contributed by atoms with van der Waals surface area (Å²) in [5, 5.41) is 3.04. The van der Waals surface area contributed by atoms with E-state index in [4.69, 9.17) is 0 Å². The van der Waals surface area contributed by atoms with E-state index in [9.17, 15) is 14.4 Å². The van der Waals surface area contributed by atoms with Gasteiger partial charge < -0.3 is 15.1 Å². The Morgan fingerprint density at radius 2 is 1.56 bits per heavy atom. The predicted octanol–water partition coefficient (Wildman–Crippen LogP) is 2.91. The van der Waals surface area contributed by atoms with Crippen molar-refractivity contribution in [3.63, 3.8) is 0 Å². The van der Waals surface area contributed by atoms with Crippen molar-refractivity contribution in [2.75, 3.05) is 50.7 Å². The highest BCUT2D eigenvalue weighted by molar-refractivity contribution is 6.00. The van der Waals surface area contributed by atoms with Crippen LogP contribution in [-0.2, 0) is 14.4 Å². The average molecular weight is 493 g/mol. The zero-order valence-electron chi connectivity index (χ0n) is 21.4. The first kappa shape index (κ1) is 24.0. The topological polar surface area (TPSA) is 73.0 Å². The first-order chi connectivity index (χ1) is 17.5. The van der Waals surface area contributed by atoms with E-state index in [-0.39, 0.29) is 24.2 Å². The number of nitrogens with one attached hydrogen (secondary N) is 1. The lowest BCUT2D eigenvalue weighted by atomic mass is 9.49. The van der Waals surface area contributed by atoms with Crippen molar-refractivity contribution in [3.8, 4) is 0 Å². The summed E-state index contributed by atoms with van der Waals surface area (Å²) in [5.41, 5.74) is 1.17. The van der Waals surface area contributed by atoms with E-state index in [0.717, 1.165) is 62.6 Å². The molecule has 0 radical (unpaired) electrons. The van der Waals surface area contributed by atoms with Crippen LogP contribution in [0.3, 0.4) is 0 Å². The number of piperazine rings is 1. The lowest BCUT2D eigenvalue weighted by molar-refractivity contribution is -0.141. The summed E-state index contributed by atoms with van der Waals surface area (Å²) in [5.74, 6) is 2.72. The van der Waals surface area contributed by atoms with Crippen molar-refractivity contribution in [3.05, 3.63) is 30.3 Å². The minimum absolute atomic E-state index is 0.00989. The molecule has 1 N–H and O–H groups in total. The van der Waals surface area contributed by atoms with Crippen LogP contribution in [0.2, 0.25) is 0 Å². The summed E-state index contributed by atoms with van der Waals surface area (Å²) in [6, 6.07) is 9.56. The molecule has 1 aromatic carbocycles. The molecule has 7 nitrogen and oxygen atoms in total. The highest BCUT2D eigenvalue weighted by Crippen LogP contribution is 2.61. The molecule has 6 fully saturated rings. The largest absolute Gasteiger partial charge is 0.355 e. The van der Waals surface area contributed by atoms with Gasteiger partial charge in [-0.2, -0.15) is 0 Å². The van der Waals surface area contributed by atoms with Crippen LogP contribution in [0.4, 0.5) is 5.69 Å².